The third kappa shape index (κ3) is 5.85. The van der Waals surface area contributed by atoms with E-state index in [1.165, 1.54) is 11.1 Å². The van der Waals surface area contributed by atoms with Crippen LogP contribution in [0.1, 0.15) is 11.1 Å². The quantitative estimate of drug-likeness (QED) is 0.847. The van der Waals surface area contributed by atoms with Crippen LogP contribution in [0.4, 0.5) is 0 Å². The highest BCUT2D eigenvalue weighted by atomic mass is 14.8. The molecule has 0 spiro atoms. The normalized spacial score (nSPS) is 9.29. The van der Waals surface area contributed by atoms with Crippen molar-refractivity contribution in [2.45, 2.75) is 13.1 Å². The lowest BCUT2D eigenvalue weighted by atomic mass is 10.2. The van der Waals surface area contributed by atoms with E-state index >= 15 is 0 Å². The van der Waals surface area contributed by atoms with Crippen molar-refractivity contribution in [2.75, 3.05) is 7.05 Å². The van der Waals surface area contributed by atoms with Gasteiger partial charge in [-0.05, 0) is 18.2 Å². The van der Waals surface area contributed by atoms with Crippen LogP contribution in [0.5, 0.6) is 0 Å². The molecule has 0 aromatic heterocycles. The van der Waals surface area contributed by atoms with E-state index in [1.54, 1.807) is 0 Å². The van der Waals surface area contributed by atoms with Gasteiger partial charge in [-0.3, -0.25) is 0 Å². The van der Waals surface area contributed by atoms with E-state index in [-0.39, 0.29) is 0 Å². The van der Waals surface area contributed by atoms with Crippen molar-refractivity contribution >= 4 is 0 Å². The van der Waals surface area contributed by atoms with E-state index < -0.39 is 0 Å². The maximum Gasteiger partial charge on any atom is 0.0202 e. The number of rotatable bonds is 3. The standard InChI is InChI=1S/C8H11N.C7H9N/c1-9-7-8-5-3-2-4-6-8;8-6-7-4-2-1-3-5-7/h2-6,9H,7H2,1H3;1-5H,6,8H2. The van der Waals surface area contributed by atoms with Gasteiger partial charge >= 0.3 is 0 Å². The molecule has 0 amide bonds. The first-order valence-electron chi connectivity index (χ1n) is 5.79. The minimum Gasteiger partial charge on any atom is -0.326 e. The average Bonchev–Trinajstić information content (AvgIpc) is 2.42. The maximum atomic E-state index is 5.35. The summed E-state index contributed by atoms with van der Waals surface area (Å²) in [5.41, 5.74) is 7.87. The fourth-order valence-electron chi connectivity index (χ4n) is 1.41. The Balaban J connectivity index is 0.000000171. The van der Waals surface area contributed by atoms with Crippen molar-refractivity contribution in [3.05, 3.63) is 71.8 Å². The molecule has 2 aromatic rings. The molecule has 17 heavy (non-hydrogen) atoms. The van der Waals surface area contributed by atoms with Gasteiger partial charge in [0.2, 0.25) is 0 Å². The Hall–Kier alpha value is -1.64. The van der Waals surface area contributed by atoms with E-state index in [4.69, 9.17) is 5.73 Å². The van der Waals surface area contributed by atoms with Gasteiger partial charge < -0.3 is 11.1 Å². The van der Waals surface area contributed by atoms with Crippen LogP contribution in [-0.2, 0) is 13.1 Å². The topological polar surface area (TPSA) is 38.0 Å². The highest BCUT2D eigenvalue weighted by molar-refractivity contribution is 5.14. The Morgan fingerprint density at radius 3 is 1.65 bits per heavy atom. The zero-order valence-corrected chi connectivity index (χ0v) is 10.3. The monoisotopic (exact) mass is 228 g/mol. The largest absolute Gasteiger partial charge is 0.326 e. The molecule has 0 radical (unpaired) electrons. The van der Waals surface area contributed by atoms with Crippen molar-refractivity contribution in [1.29, 1.82) is 0 Å². The van der Waals surface area contributed by atoms with E-state index in [2.05, 4.69) is 17.4 Å². The Morgan fingerprint density at radius 2 is 1.29 bits per heavy atom. The summed E-state index contributed by atoms with van der Waals surface area (Å²) in [5, 5.41) is 3.08. The summed E-state index contributed by atoms with van der Waals surface area (Å²) in [6, 6.07) is 20.3. The van der Waals surface area contributed by atoms with Gasteiger partial charge in [0, 0.05) is 13.1 Å². The van der Waals surface area contributed by atoms with Crippen LogP contribution in [0.15, 0.2) is 60.7 Å². The van der Waals surface area contributed by atoms with Gasteiger partial charge in [0.1, 0.15) is 0 Å². The Kier molecular flexibility index (Phi) is 6.72. The molecule has 90 valence electrons. The summed E-state index contributed by atoms with van der Waals surface area (Å²) in [5.74, 6) is 0. The molecule has 2 nitrogen and oxygen atoms in total. The molecule has 0 aliphatic heterocycles. The number of hydrogen-bond donors (Lipinski definition) is 2. The third-order valence-electron chi connectivity index (χ3n) is 2.30. The van der Waals surface area contributed by atoms with Gasteiger partial charge in [-0.1, -0.05) is 60.7 Å². The number of nitrogens with one attached hydrogen (secondary N) is 1. The van der Waals surface area contributed by atoms with Crippen LogP contribution in [0.2, 0.25) is 0 Å². The molecule has 0 bridgehead atoms. The molecule has 0 aliphatic carbocycles. The molecular formula is C15H20N2. The smallest absolute Gasteiger partial charge is 0.0202 e. The molecule has 0 fully saturated rings. The lowest BCUT2D eigenvalue weighted by Gasteiger charge is -1.95. The molecule has 0 saturated heterocycles. The zero-order chi connectivity index (χ0) is 12.3. The van der Waals surface area contributed by atoms with Gasteiger partial charge in [-0.2, -0.15) is 0 Å². The fraction of sp³-hybridized carbons (Fsp3) is 0.200. The molecule has 0 aliphatic rings. The molecule has 2 heteroatoms. The first-order chi connectivity index (χ1) is 8.36. The second kappa shape index (κ2) is 8.50. The van der Waals surface area contributed by atoms with E-state index in [0.717, 1.165) is 6.54 Å². The second-order valence-corrected chi connectivity index (χ2v) is 3.71. The van der Waals surface area contributed by atoms with Crippen LogP contribution < -0.4 is 11.1 Å². The van der Waals surface area contributed by atoms with Gasteiger partial charge in [0.25, 0.3) is 0 Å². The van der Waals surface area contributed by atoms with Crippen molar-refractivity contribution < 1.29 is 0 Å². The van der Waals surface area contributed by atoms with Crippen LogP contribution in [0.3, 0.4) is 0 Å². The number of benzene rings is 2. The predicted molar refractivity (Wildman–Crippen MR) is 73.5 cm³/mol. The van der Waals surface area contributed by atoms with Crippen LogP contribution in [-0.4, -0.2) is 7.05 Å². The molecule has 0 atom stereocenters. The van der Waals surface area contributed by atoms with E-state index in [0.29, 0.717) is 6.54 Å². The number of hydrogen-bond acceptors (Lipinski definition) is 2. The second-order valence-electron chi connectivity index (χ2n) is 3.71. The Morgan fingerprint density at radius 1 is 0.824 bits per heavy atom. The first kappa shape index (κ1) is 13.4. The molecule has 0 heterocycles. The SMILES string of the molecule is CNCc1ccccc1.NCc1ccccc1. The lowest BCUT2D eigenvalue weighted by Crippen LogP contribution is -2.04. The van der Waals surface area contributed by atoms with Crippen molar-refractivity contribution in [1.82, 2.24) is 5.32 Å². The van der Waals surface area contributed by atoms with Crippen molar-refractivity contribution in [3.63, 3.8) is 0 Å². The highest BCUT2D eigenvalue weighted by Gasteiger charge is 1.83. The summed E-state index contributed by atoms with van der Waals surface area (Å²) in [6.45, 7) is 1.60. The van der Waals surface area contributed by atoms with E-state index in [9.17, 15) is 0 Å². The summed E-state index contributed by atoms with van der Waals surface area (Å²) in [4.78, 5) is 0. The van der Waals surface area contributed by atoms with Crippen LogP contribution in [0, 0.1) is 0 Å². The Bertz CT molecular complexity index is 384. The molecule has 2 aromatic carbocycles. The fourth-order valence-corrected chi connectivity index (χ4v) is 1.41. The van der Waals surface area contributed by atoms with Gasteiger partial charge in [-0.15, -0.1) is 0 Å². The molecule has 0 unspecified atom stereocenters. The molecule has 0 saturated carbocycles. The lowest BCUT2D eigenvalue weighted by molar-refractivity contribution is 0.818. The Labute approximate surface area is 103 Å². The van der Waals surface area contributed by atoms with Gasteiger partial charge in [0.05, 0.1) is 0 Å². The summed E-state index contributed by atoms with van der Waals surface area (Å²) < 4.78 is 0. The summed E-state index contributed by atoms with van der Waals surface area (Å²) in [7, 11) is 1.95. The third-order valence-corrected chi connectivity index (χ3v) is 2.30. The molecule has 3 N–H and O–H groups in total. The summed E-state index contributed by atoms with van der Waals surface area (Å²) >= 11 is 0. The minimum absolute atomic E-state index is 0.640. The van der Waals surface area contributed by atoms with Gasteiger partial charge in [0.15, 0.2) is 0 Å². The number of nitrogens with two attached hydrogens (primary N) is 1. The maximum absolute atomic E-state index is 5.35. The first-order valence-corrected chi connectivity index (χ1v) is 5.79. The van der Waals surface area contributed by atoms with Crippen molar-refractivity contribution in [3.8, 4) is 0 Å². The highest BCUT2D eigenvalue weighted by Crippen LogP contribution is 1.95. The predicted octanol–water partition coefficient (Wildman–Crippen LogP) is 2.55. The molecular weight excluding hydrogens is 208 g/mol. The van der Waals surface area contributed by atoms with Crippen molar-refractivity contribution in [2.24, 2.45) is 5.73 Å². The summed E-state index contributed by atoms with van der Waals surface area (Å²) in [6.07, 6.45) is 0. The molecule has 2 rings (SSSR count). The zero-order valence-electron chi connectivity index (χ0n) is 10.3. The van der Waals surface area contributed by atoms with Gasteiger partial charge in [-0.25, -0.2) is 0 Å². The van der Waals surface area contributed by atoms with Crippen LogP contribution >= 0.6 is 0 Å². The van der Waals surface area contributed by atoms with Crippen LogP contribution in [0.25, 0.3) is 0 Å². The minimum atomic E-state index is 0.640. The average molecular weight is 228 g/mol. The van der Waals surface area contributed by atoms with E-state index in [1.807, 2.05) is 55.6 Å².